The molecule has 0 saturated heterocycles. The number of hydrogen-bond donors (Lipinski definition) is 3. The second-order valence-electron chi connectivity index (χ2n) is 6.28. The summed E-state index contributed by atoms with van der Waals surface area (Å²) in [6.45, 7) is 11.4. The van der Waals surface area contributed by atoms with Crippen molar-refractivity contribution in [1.29, 1.82) is 0 Å². The molecule has 24 heavy (non-hydrogen) atoms. The third kappa shape index (κ3) is 6.48. The van der Waals surface area contributed by atoms with E-state index in [4.69, 9.17) is 4.74 Å². The summed E-state index contributed by atoms with van der Waals surface area (Å²) in [5.41, 5.74) is 1.57. The Kier molecular flexibility index (Phi) is 7.55. The van der Waals surface area contributed by atoms with Crippen LogP contribution in [0.25, 0.3) is 0 Å². The van der Waals surface area contributed by atoms with E-state index in [-0.39, 0.29) is 18.1 Å². The molecule has 0 aliphatic carbocycles. The molecule has 134 valence electrons. The van der Waals surface area contributed by atoms with Crippen LogP contribution in [-0.2, 0) is 4.79 Å². The molecule has 1 aromatic rings. The van der Waals surface area contributed by atoms with Crippen molar-refractivity contribution < 1.29 is 14.3 Å². The van der Waals surface area contributed by atoms with Gasteiger partial charge in [0.25, 0.3) is 0 Å². The Balaban J connectivity index is 2.60. The fourth-order valence-corrected chi connectivity index (χ4v) is 2.01. The first-order chi connectivity index (χ1) is 11.2. The maximum absolute atomic E-state index is 12.1. The van der Waals surface area contributed by atoms with E-state index in [9.17, 15) is 9.59 Å². The highest BCUT2D eigenvalue weighted by Gasteiger charge is 2.17. The lowest BCUT2D eigenvalue weighted by atomic mass is 10.2. The molecule has 6 nitrogen and oxygen atoms in total. The number of amides is 3. The molecule has 0 fully saturated rings. The first-order valence-electron chi connectivity index (χ1n) is 8.38. The number of anilines is 1. The van der Waals surface area contributed by atoms with Gasteiger partial charge in [-0.3, -0.25) is 4.79 Å². The zero-order valence-corrected chi connectivity index (χ0v) is 15.4. The monoisotopic (exact) mass is 335 g/mol. The number of aryl methyl sites for hydroxylation is 1. The van der Waals surface area contributed by atoms with Crippen LogP contribution < -0.4 is 20.7 Å². The molecule has 0 aliphatic heterocycles. The topological polar surface area (TPSA) is 79.5 Å². The second-order valence-corrected chi connectivity index (χ2v) is 6.28. The van der Waals surface area contributed by atoms with E-state index in [1.165, 1.54) is 0 Å². The van der Waals surface area contributed by atoms with Gasteiger partial charge >= 0.3 is 6.03 Å². The zero-order valence-electron chi connectivity index (χ0n) is 15.4. The molecule has 0 aliphatic rings. The quantitative estimate of drug-likeness (QED) is 0.716. The Labute approximate surface area is 144 Å². The summed E-state index contributed by atoms with van der Waals surface area (Å²) in [6, 6.07) is 4.53. The lowest BCUT2D eigenvalue weighted by molar-refractivity contribution is -0.123. The Morgan fingerprint density at radius 2 is 1.79 bits per heavy atom. The lowest BCUT2D eigenvalue weighted by Gasteiger charge is -2.18. The minimum atomic E-state index is -0.608. The van der Waals surface area contributed by atoms with Crippen molar-refractivity contribution in [2.24, 2.45) is 0 Å². The van der Waals surface area contributed by atoms with Gasteiger partial charge in [-0.05, 0) is 64.8 Å². The van der Waals surface area contributed by atoms with E-state index in [0.29, 0.717) is 5.69 Å². The van der Waals surface area contributed by atoms with Crippen molar-refractivity contribution in [1.82, 2.24) is 10.6 Å². The van der Waals surface area contributed by atoms with E-state index >= 15 is 0 Å². The summed E-state index contributed by atoms with van der Waals surface area (Å²) < 4.78 is 5.62. The Morgan fingerprint density at radius 1 is 1.12 bits per heavy atom. The van der Waals surface area contributed by atoms with Crippen molar-refractivity contribution in [3.05, 3.63) is 23.8 Å². The van der Waals surface area contributed by atoms with Crippen LogP contribution in [0.1, 0.15) is 46.6 Å². The van der Waals surface area contributed by atoms with Crippen molar-refractivity contribution in [3.8, 4) is 5.75 Å². The molecular formula is C18H29N3O3. The molecular weight excluding hydrogens is 306 g/mol. The van der Waals surface area contributed by atoms with Gasteiger partial charge in [-0.2, -0.15) is 0 Å². The van der Waals surface area contributed by atoms with Crippen LogP contribution in [0.2, 0.25) is 0 Å². The predicted octanol–water partition coefficient (Wildman–Crippen LogP) is 3.21. The molecule has 6 heteroatoms. The van der Waals surface area contributed by atoms with Crippen molar-refractivity contribution in [2.45, 2.75) is 66.2 Å². The van der Waals surface area contributed by atoms with Gasteiger partial charge in [-0.15, -0.1) is 0 Å². The third-order valence-corrected chi connectivity index (χ3v) is 3.56. The maximum atomic E-state index is 12.1. The molecule has 0 heterocycles. The smallest absolute Gasteiger partial charge is 0.319 e. The van der Waals surface area contributed by atoms with Gasteiger partial charge in [0.15, 0.2) is 0 Å². The van der Waals surface area contributed by atoms with Crippen molar-refractivity contribution in [3.63, 3.8) is 0 Å². The normalized spacial score (nSPS) is 13.1. The Bertz CT molecular complexity index is 573. The highest BCUT2D eigenvalue weighted by molar-refractivity contribution is 5.94. The summed E-state index contributed by atoms with van der Waals surface area (Å²) in [7, 11) is 0. The molecule has 2 atom stereocenters. The minimum absolute atomic E-state index is 0.0838. The van der Waals surface area contributed by atoms with Crippen LogP contribution in [0.4, 0.5) is 10.5 Å². The van der Waals surface area contributed by atoms with E-state index in [0.717, 1.165) is 17.7 Å². The summed E-state index contributed by atoms with van der Waals surface area (Å²) in [5.74, 6) is 0.562. The molecule has 0 spiro atoms. The van der Waals surface area contributed by atoms with E-state index < -0.39 is 12.1 Å². The number of carbonyl (C=O) groups is 2. The fourth-order valence-electron chi connectivity index (χ4n) is 2.01. The summed E-state index contributed by atoms with van der Waals surface area (Å²) >= 11 is 0. The van der Waals surface area contributed by atoms with Gasteiger partial charge in [0.1, 0.15) is 11.8 Å². The fraction of sp³-hybridized carbons (Fsp3) is 0.556. The van der Waals surface area contributed by atoms with E-state index in [1.807, 2.05) is 46.8 Å². The van der Waals surface area contributed by atoms with Crippen LogP contribution in [0.3, 0.4) is 0 Å². The zero-order chi connectivity index (χ0) is 18.3. The molecule has 0 saturated carbocycles. The molecule has 1 aromatic carbocycles. The standard InChI is InChI=1S/C18H29N3O3/c1-7-13(5)19-17(22)14(6)20-18(23)21-16-9-8-15(10-12(16)4)24-11(2)3/h8-11,13-14H,7H2,1-6H3,(H,19,22)(H2,20,21,23)/t13-,14+/m0/s1. The molecule has 0 unspecified atom stereocenters. The predicted molar refractivity (Wildman–Crippen MR) is 96.5 cm³/mol. The van der Waals surface area contributed by atoms with Gasteiger partial charge in [-0.1, -0.05) is 6.92 Å². The number of rotatable bonds is 7. The summed E-state index contributed by atoms with van der Waals surface area (Å²) in [5, 5.41) is 8.23. The number of urea groups is 1. The maximum Gasteiger partial charge on any atom is 0.319 e. The first kappa shape index (κ1) is 19.8. The van der Waals surface area contributed by atoms with Crippen LogP contribution in [0.15, 0.2) is 18.2 Å². The minimum Gasteiger partial charge on any atom is -0.491 e. The first-order valence-corrected chi connectivity index (χ1v) is 8.38. The van der Waals surface area contributed by atoms with Crippen LogP contribution in [0.5, 0.6) is 5.75 Å². The van der Waals surface area contributed by atoms with Gasteiger partial charge < -0.3 is 20.7 Å². The van der Waals surface area contributed by atoms with Crippen LogP contribution in [0, 0.1) is 6.92 Å². The number of benzene rings is 1. The largest absolute Gasteiger partial charge is 0.491 e. The van der Waals surface area contributed by atoms with E-state index in [2.05, 4.69) is 16.0 Å². The van der Waals surface area contributed by atoms with Crippen LogP contribution >= 0.6 is 0 Å². The van der Waals surface area contributed by atoms with Gasteiger partial charge in [0, 0.05) is 11.7 Å². The summed E-state index contributed by atoms with van der Waals surface area (Å²) in [4.78, 5) is 24.0. The SMILES string of the molecule is CC[C@H](C)NC(=O)[C@@H](C)NC(=O)Nc1ccc(OC(C)C)cc1C. The Hall–Kier alpha value is -2.24. The second kappa shape index (κ2) is 9.15. The number of ether oxygens (including phenoxy) is 1. The molecule has 0 radical (unpaired) electrons. The molecule has 1 rings (SSSR count). The van der Waals surface area contributed by atoms with E-state index in [1.54, 1.807) is 13.0 Å². The van der Waals surface area contributed by atoms with Gasteiger partial charge in [0.2, 0.25) is 5.91 Å². The van der Waals surface area contributed by atoms with Crippen molar-refractivity contribution >= 4 is 17.6 Å². The molecule has 0 aromatic heterocycles. The molecule has 3 amide bonds. The number of carbonyl (C=O) groups excluding carboxylic acids is 2. The Morgan fingerprint density at radius 3 is 2.33 bits per heavy atom. The number of hydrogen-bond acceptors (Lipinski definition) is 3. The highest BCUT2D eigenvalue weighted by Crippen LogP contribution is 2.22. The third-order valence-electron chi connectivity index (χ3n) is 3.56. The van der Waals surface area contributed by atoms with Crippen LogP contribution in [-0.4, -0.2) is 30.1 Å². The lowest BCUT2D eigenvalue weighted by Crippen LogP contribution is -2.48. The van der Waals surface area contributed by atoms with Gasteiger partial charge in [-0.25, -0.2) is 4.79 Å². The summed E-state index contributed by atoms with van der Waals surface area (Å²) in [6.07, 6.45) is 0.936. The number of nitrogens with one attached hydrogen (secondary N) is 3. The highest BCUT2D eigenvalue weighted by atomic mass is 16.5. The molecule has 3 N–H and O–H groups in total. The van der Waals surface area contributed by atoms with Crippen molar-refractivity contribution in [2.75, 3.05) is 5.32 Å². The van der Waals surface area contributed by atoms with Gasteiger partial charge in [0.05, 0.1) is 6.10 Å². The average Bonchev–Trinajstić information content (AvgIpc) is 2.49. The average molecular weight is 335 g/mol. The molecule has 0 bridgehead atoms.